The summed E-state index contributed by atoms with van der Waals surface area (Å²) in [6.45, 7) is 3.66. The van der Waals surface area contributed by atoms with Crippen LogP contribution in [0.15, 0.2) is 48.5 Å². The van der Waals surface area contributed by atoms with E-state index in [1.807, 2.05) is 62.4 Å². The van der Waals surface area contributed by atoms with Gasteiger partial charge in [0.25, 0.3) is 5.91 Å². The zero-order valence-electron chi connectivity index (χ0n) is 19.4. The molecule has 0 aliphatic heterocycles. The summed E-state index contributed by atoms with van der Waals surface area (Å²) in [6, 6.07) is 15.0. The predicted molar refractivity (Wildman–Crippen MR) is 124 cm³/mol. The van der Waals surface area contributed by atoms with Gasteiger partial charge in [-0.2, -0.15) is 0 Å². The number of carboxylic acid groups (broad SMARTS) is 1. The third-order valence-corrected chi connectivity index (χ3v) is 5.55. The number of amides is 2. The summed E-state index contributed by atoms with van der Waals surface area (Å²) in [6.07, 6.45) is -1.81. The molecule has 0 saturated carbocycles. The van der Waals surface area contributed by atoms with Crippen molar-refractivity contribution in [1.29, 1.82) is 0 Å². The molecule has 9 heteroatoms. The SMILES string of the molecule is COCC(ONC(=O)C(CC(C)C)NC(=O)OCC1c2ccccc2-c2ccccc21)C(=O)O. The summed E-state index contributed by atoms with van der Waals surface area (Å²) in [7, 11) is 1.32. The molecule has 182 valence electrons. The highest BCUT2D eigenvalue weighted by Crippen LogP contribution is 2.44. The van der Waals surface area contributed by atoms with Gasteiger partial charge in [-0.05, 0) is 34.6 Å². The van der Waals surface area contributed by atoms with Crippen LogP contribution >= 0.6 is 0 Å². The lowest BCUT2D eigenvalue weighted by Crippen LogP contribution is -2.49. The van der Waals surface area contributed by atoms with Crippen LogP contribution in [-0.4, -0.2) is 55.5 Å². The van der Waals surface area contributed by atoms with E-state index in [0.717, 1.165) is 22.3 Å². The Balaban J connectivity index is 1.62. The number of benzene rings is 2. The number of carboxylic acids is 1. The van der Waals surface area contributed by atoms with Crippen molar-refractivity contribution in [2.75, 3.05) is 20.3 Å². The number of methoxy groups -OCH3 is 1. The molecule has 0 aromatic heterocycles. The molecule has 0 fully saturated rings. The maximum Gasteiger partial charge on any atom is 0.407 e. The molecule has 2 atom stereocenters. The fraction of sp³-hybridized carbons (Fsp3) is 0.400. The quantitative estimate of drug-likeness (QED) is 0.431. The monoisotopic (exact) mass is 470 g/mol. The lowest BCUT2D eigenvalue weighted by Gasteiger charge is -2.21. The van der Waals surface area contributed by atoms with Crippen LogP contribution in [0.1, 0.15) is 37.3 Å². The Bertz CT molecular complexity index is 978. The highest BCUT2D eigenvalue weighted by atomic mass is 16.7. The number of nitrogens with one attached hydrogen (secondary N) is 2. The number of hydrogen-bond acceptors (Lipinski definition) is 6. The molecule has 34 heavy (non-hydrogen) atoms. The predicted octanol–water partition coefficient (Wildman–Crippen LogP) is 3.09. The number of hydrogen-bond donors (Lipinski definition) is 3. The van der Waals surface area contributed by atoms with Gasteiger partial charge in [0, 0.05) is 13.0 Å². The van der Waals surface area contributed by atoms with E-state index < -0.39 is 30.1 Å². The standard InChI is InChI=1S/C25H30N2O7/c1-15(2)12-21(23(28)27-34-22(14-32-3)24(29)30)26-25(31)33-13-20-18-10-6-4-8-16(18)17-9-5-7-11-19(17)20/h4-11,15,20-22H,12-14H2,1-3H3,(H,26,31)(H,27,28)(H,29,30). The molecule has 1 aliphatic carbocycles. The van der Waals surface area contributed by atoms with Crippen molar-refractivity contribution in [3.05, 3.63) is 59.7 Å². The van der Waals surface area contributed by atoms with Gasteiger partial charge in [-0.25, -0.2) is 15.1 Å². The first-order valence-corrected chi connectivity index (χ1v) is 11.1. The Morgan fingerprint density at radius 3 is 2.12 bits per heavy atom. The van der Waals surface area contributed by atoms with Gasteiger partial charge in [-0.3, -0.25) is 9.63 Å². The highest BCUT2D eigenvalue weighted by Gasteiger charge is 2.30. The summed E-state index contributed by atoms with van der Waals surface area (Å²) in [5.74, 6) is -2.00. The molecule has 9 nitrogen and oxygen atoms in total. The van der Waals surface area contributed by atoms with E-state index in [4.69, 9.17) is 19.4 Å². The minimum atomic E-state index is -1.37. The second-order valence-corrected chi connectivity index (χ2v) is 8.52. The molecule has 0 spiro atoms. The number of hydroxylamine groups is 1. The lowest BCUT2D eigenvalue weighted by atomic mass is 9.98. The molecule has 0 saturated heterocycles. The molecule has 0 bridgehead atoms. The van der Waals surface area contributed by atoms with E-state index >= 15 is 0 Å². The van der Waals surface area contributed by atoms with Crippen LogP contribution in [0.4, 0.5) is 4.79 Å². The molecule has 3 N–H and O–H groups in total. The van der Waals surface area contributed by atoms with Gasteiger partial charge in [-0.15, -0.1) is 0 Å². The molecule has 0 heterocycles. The number of carbonyl (C=O) groups is 3. The smallest absolute Gasteiger partial charge is 0.407 e. The number of ether oxygens (including phenoxy) is 2. The van der Waals surface area contributed by atoms with Crippen LogP contribution in [0.5, 0.6) is 0 Å². The van der Waals surface area contributed by atoms with Crippen molar-refractivity contribution < 1.29 is 33.8 Å². The maximum atomic E-state index is 12.6. The minimum absolute atomic E-state index is 0.0684. The molecule has 2 aromatic rings. The number of aliphatic carboxylic acids is 1. The third kappa shape index (κ3) is 6.12. The first-order chi connectivity index (χ1) is 16.3. The first-order valence-electron chi connectivity index (χ1n) is 11.1. The Morgan fingerprint density at radius 2 is 1.59 bits per heavy atom. The molecule has 2 aromatic carbocycles. The van der Waals surface area contributed by atoms with Gasteiger partial charge in [-0.1, -0.05) is 62.4 Å². The Morgan fingerprint density at radius 1 is 1.00 bits per heavy atom. The molecule has 3 rings (SSSR count). The second-order valence-electron chi connectivity index (χ2n) is 8.52. The summed E-state index contributed by atoms with van der Waals surface area (Å²) in [4.78, 5) is 41.3. The molecule has 2 unspecified atom stereocenters. The fourth-order valence-electron chi connectivity index (χ4n) is 3.99. The average molecular weight is 471 g/mol. The molecular formula is C25H30N2O7. The van der Waals surface area contributed by atoms with E-state index in [1.165, 1.54) is 7.11 Å². The van der Waals surface area contributed by atoms with Crippen molar-refractivity contribution in [1.82, 2.24) is 10.8 Å². The Kier molecular flexibility index (Phi) is 8.61. The van der Waals surface area contributed by atoms with E-state index in [2.05, 4.69) is 10.8 Å². The van der Waals surface area contributed by atoms with Gasteiger partial charge in [0.05, 0.1) is 6.61 Å². The second kappa shape index (κ2) is 11.6. The number of alkyl carbamates (subject to hydrolysis) is 1. The Labute approximate surface area is 198 Å². The summed E-state index contributed by atoms with van der Waals surface area (Å²) >= 11 is 0. The molecular weight excluding hydrogens is 440 g/mol. The number of carbonyl (C=O) groups excluding carboxylic acids is 2. The van der Waals surface area contributed by atoms with E-state index in [1.54, 1.807) is 0 Å². The van der Waals surface area contributed by atoms with E-state index in [9.17, 15) is 14.4 Å². The summed E-state index contributed by atoms with van der Waals surface area (Å²) in [5.41, 5.74) is 6.51. The van der Waals surface area contributed by atoms with Crippen molar-refractivity contribution >= 4 is 18.0 Å². The van der Waals surface area contributed by atoms with Crippen molar-refractivity contribution in [3.8, 4) is 11.1 Å². The van der Waals surface area contributed by atoms with Crippen LogP contribution in [0, 0.1) is 5.92 Å². The van der Waals surface area contributed by atoms with Crippen LogP contribution in [0.25, 0.3) is 11.1 Å². The van der Waals surface area contributed by atoms with E-state index in [-0.39, 0.29) is 25.0 Å². The van der Waals surface area contributed by atoms with Gasteiger partial charge in [0.2, 0.25) is 6.10 Å². The molecule has 2 amide bonds. The lowest BCUT2D eigenvalue weighted by molar-refractivity contribution is -0.165. The normalized spacial score (nSPS) is 14.1. The molecule has 1 aliphatic rings. The van der Waals surface area contributed by atoms with Crippen LogP contribution in [-0.2, 0) is 23.9 Å². The first kappa shape index (κ1) is 25.2. The van der Waals surface area contributed by atoms with Gasteiger partial charge >= 0.3 is 12.1 Å². The summed E-state index contributed by atoms with van der Waals surface area (Å²) in [5, 5.41) is 11.7. The minimum Gasteiger partial charge on any atom is -0.479 e. The van der Waals surface area contributed by atoms with Crippen molar-refractivity contribution in [3.63, 3.8) is 0 Å². The zero-order chi connectivity index (χ0) is 24.7. The largest absolute Gasteiger partial charge is 0.479 e. The Hall–Kier alpha value is -3.43. The maximum absolute atomic E-state index is 12.6. The molecule has 0 radical (unpaired) electrons. The van der Waals surface area contributed by atoms with Gasteiger partial charge < -0.3 is 19.9 Å². The van der Waals surface area contributed by atoms with Crippen molar-refractivity contribution in [2.24, 2.45) is 5.92 Å². The van der Waals surface area contributed by atoms with Crippen LogP contribution < -0.4 is 10.8 Å². The van der Waals surface area contributed by atoms with Crippen molar-refractivity contribution in [2.45, 2.75) is 38.3 Å². The fourth-order valence-corrected chi connectivity index (χ4v) is 3.99. The van der Waals surface area contributed by atoms with E-state index in [0.29, 0.717) is 6.42 Å². The number of rotatable bonds is 11. The van der Waals surface area contributed by atoms with Gasteiger partial charge in [0.1, 0.15) is 12.6 Å². The topological polar surface area (TPSA) is 123 Å². The number of fused-ring (bicyclic) bond motifs is 3. The average Bonchev–Trinajstić information content (AvgIpc) is 3.13. The van der Waals surface area contributed by atoms with Crippen LogP contribution in [0.2, 0.25) is 0 Å². The third-order valence-electron chi connectivity index (χ3n) is 5.55. The van der Waals surface area contributed by atoms with Crippen LogP contribution in [0.3, 0.4) is 0 Å². The summed E-state index contributed by atoms with van der Waals surface area (Å²) < 4.78 is 10.3. The van der Waals surface area contributed by atoms with Gasteiger partial charge in [0.15, 0.2) is 0 Å². The zero-order valence-corrected chi connectivity index (χ0v) is 19.4. The highest BCUT2D eigenvalue weighted by molar-refractivity contribution is 5.85.